The topological polar surface area (TPSA) is 9.86 Å². The van der Waals surface area contributed by atoms with Gasteiger partial charge in [-0.05, 0) is 151 Å². The Morgan fingerprint density at radius 1 is 0.473 bits per heavy atom. The predicted molar refractivity (Wildman–Crippen MR) is 237 cm³/mol. The summed E-state index contributed by atoms with van der Waals surface area (Å²) >= 11 is 0. The smallest absolute Gasteiger partial charge is 0.0547 e. The molecule has 0 bridgehead atoms. The normalized spacial score (nSPS) is 12.0. The van der Waals surface area contributed by atoms with E-state index in [2.05, 4.69) is 208 Å². The third-order valence-corrected chi connectivity index (χ3v) is 11.7. The predicted octanol–water partition coefficient (Wildman–Crippen LogP) is 14.6. The van der Waals surface area contributed by atoms with Crippen molar-refractivity contribution in [3.63, 3.8) is 0 Å². The highest BCUT2D eigenvalue weighted by atomic mass is 15.0. The summed E-state index contributed by atoms with van der Waals surface area (Å²) in [6.45, 7) is 13.4. The van der Waals surface area contributed by atoms with E-state index in [4.69, 9.17) is 0 Å². The quantitative estimate of drug-likeness (QED) is 0.156. The third-order valence-electron chi connectivity index (χ3n) is 11.7. The molecular weight excluding hydrogens is 665 g/mol. The van der Waals surface area contributed by atoms with Crippen LogP contribution in [0.25, 0.3) is 78.0 Å². The number of nitrogens with zero attached hydrogens (tertiary/aromatic N) is 2. The summed E-state index contributed by atoms with van der Waals surface area (Å²) in [4.78, 5) is 0. The molecule has 9 aromatic rings. The van der Waals surface area contributed by atoms with Gasteiger partial charge in [-0.1, -0.05) is 116 Å². The standard InChI is InChI=1S/C53H46N2/c1-7-39(45-18-10-8-14-34(45)2)32-50-38(6)52-36(4)16-12-20-48(52)54(50)43-27-22-40(23-28-43)41-24-29-44(30-25-41)55-49-21-13-17-37(5)53(49)47-31-26-42(33-51(47)55)46-19-11-9-15-35(46)3/h8-33H,7H2,1-6H3/b39-32+. The minimum atomic E-state index is 0.960. The van der Waals surface area contributed by atoms with Crippen molar-refractivity contribution in [2.24, 2.45) is 0 Å². The number of hydrogen-bond donors (Lipinski definition) is 0. The van der Waals surface area contributed by atoms with Gasteiger partial charge < -0.3 is 9.13 Å². The van der Waals surface area contributed by atoms with Crippen molar-refractivity contribution < 1.29 is 0 Å². The molecule has 0 radical (unpaired) electrons. The lowest BCUT2D eigenvalue weighted by Crippen LogP contribution is -1.98. The van der Waals surface area contributed by atoms with E-state index in [0.717, 1.165) is 12.1 Å². The lowest BCUT2D eigenvalue weighted by molar-refractivity contribution is 1.09. The fraction of sp³-hybridized carbons (Fsp3) is 0.132. The molecule has 2 aromatic heterocycles. The molecule has 0 saturated carbocycles. The van der Waals surface area contributed by atoms with E-state index in [9.17, 15) is 0 Å². The number of allylic oxidation sites excluding steroid dienone is 1. The minimum absolute atomic E-state index is 0.960. The maximum Gasteiger partial charge on any atom is 0.0547 e. The number of hydrogen-bond acceptors (Lipinski definition) is 0. The molecule has 55 heavy (non-hydrogen) atoms. The van der Waals surface area contributed by atoms with Gasteiger partial charge in [0.25, 0.3) is 0 Å². The first-order valence-corrected chi connectivity index (χ1v) is 19.5. The number of benzene rings is 7. The third kappa shape index (κ3) is 5.81. The molecule has 7 aromatic carbocycles. The summed E-state index contributed by atoms with van der Waals surface area (Å²) in [6.07, 6.45) is 3.38. The van der Waals surface area contributed by atoms with E-state index >= 15 is 0 Å². The van der Waals surface area contributed by atoms with Gasteiger partial charge in [-0.3, -0.25) is 0 Å². The average molecular weight is 711 g/mol. The van der Waals surface area contributed by atoms with E-state index in [0.29, 0.717) is 0 Å². The van der Waals surface area contributed by atoms with Crippen LogP contribution in [-0.2, 0) is 0 Å². The van der Waals surface area contributed by atoms with Crippen LogP contribution in [-0.4, -0.2) is 9.13 Å². The van der Waals surface area contributed by atoms with Crippen LogP contribution in [0.5, 0.6) is 0 Å². The molecule has 2 heterocycles. The first-order valence-electron chi connectivity index (χ1n) is 19.5. The number of fused-ring (bicyclic) bond motifs is 4. The second-order valence-electron chi connectivity index (χ2n) is 15.1. The second kappa shape index (κ2) is 13.8. The Kier molecular flexibility index (Phi) is 8.63. The second-order valence-corrected chi connectivity index (χ2v) is 15.1. The SMILES string of the molecule is CC/C(=C\c1c(C)c2c(C)cccc2n1-c1ccc(-c2ccc(-n3c4cc(-c5ccccc5C)ccc4c4c(C)cccc43)cc2)cc1)c1ccccc1C. The fourth-order valence-electron chi connectivity index (χ4n) is 8.87. The van der Waals surface area contributed by atoms with Crippen molar-refractivity contribution in [2.45, 2.75) is 48.0 Å². The maximum atomic E-state index is 2.45. The highest BCUT2D eigenvalue weighted by molar-refractivity contribution is 6.11. The zero-order valence-corrected chi connectivity index (χ0v) is 32.6. The van der Waals surface area contributed by atoms with Gasteiger partial charge in [-0.25, -0.2) is 0 Å². The summed E-state index contributed by atoms with van der Waals surface area (Å²) in [5.74, 6) is 0. The Labute approximate surface area is 324 Å². The summed E-state index contributed by atoms with van der Waals surface area (Å²) in [5.41, 5.74) is 21.4. The van der Waals surface area contributed by atoms with Crippen molar-refractivity contribution >= 4 is 44.4 Å². The molecule has 268 valence electrons. The monoisotopic (exact) mass is 710 g/mol. The molecule has 2 nitrogen and oxygen atoms in total. The van der Waals surface area contributed by atoms with Gasteiger partial charge in [-0.2, -0.15) is 0 Å². The molecule has 0 unspecified atom stereocenters. The van der Waals surface area contributed by atoms with Crippen LogP contribution in [0.15, 0.2) is 152 Å². The number of aryl methyl sites for hydroxylation is 5. The van der Waals surface area contributed by atoms with Gasteiger partial charge in [0.2, 0.25) is 0 Å². The Morgan fingerprint density at radius 2 is 1.02 bits per heavy atom. The van der Waals surface area contributed by atoms with Crippen molar-refractivity contribution in [3.05, 3.63) is 191 Å². The molecule has 0 spiro atoms. The molecule has 0 aliphatic rings. The molecule has 0 saturated heterocycles. The summed E-state index contributed by atoms with van der Waals surface area (Å²) in [7, 11) is 0. The van der Waals surface area contributed by atoms with Crippen LogP contribution >= 0.6 is 0 Å². The Balaban J connectivity index is 1.12. The molecule has 9 rings (SSSR count). The highest BCUT2D eigenvalue weighted by Crippen LogP contribution is 2.39. The van der Waals surface area contributed by atoms with Crippen LogP contribution in [0.2, 0.25) is 0 Å². The molecule has 0 aliphatic carbocycles. The van der Waals surface area contributed by atoms with Crippen molar-refractivity contribution in [1.82, 2.24) is 9.13 Å². The lowest BCUT2D eigenvalue weighted by Gasteiger charge is -2.14. The van der Waals surface area contributed by atoms with Crippen LogP contribution in [0.1, 0.15) is 52.4 Å². The summed E-state index contributed by atoms with van der Waals surface area (Å²) in [5, 5.41) is 3.93. The molecular formula is C53H46N2. The average Bonchev–Trinajstić information content (AvgIpc) is 3.69. The Hall–Kier alpha value is -6.38. The fourth-order valence-corrected chi connectivity index (χ4v) is 8.87. The highest BCUT2D eigenvalue weighted by Gasteiger charge is 2.18. The molecule has 2 heteroatoms. The van der Waals surface area contributed by atoms with Crippen molar-refractivity contribution in [2.75, 3.05) is 0 Å². The van der Waals surface area contributed by atoms with Crippen molar-refractivity contribution in [3.8, 4) is 33.6 Å². The van der Waals surface area contributed by atoms with Gasteiger partial charge in [-0.15, -0.1) is 0 Å². The zero-order chi connectivity index (χ0) is 37.8. The summed E-state index contributed by atoms with van der Waals surface area (Å²) in [6, 6.07) is 55.9. The van der Waals surface area contributed by atoms with Gasteiger partial charge in [0, 0.05) is 27.5 Å². The molecule has 0 atom stereocenters. The maximum absolute atomic E-state index is 2.45. The zero-order valence-electron chi connectivity index (χ0n) is 32.6. The van der Waals surface area contributed by atoms with Crippen LogP contribution in [0.3, 0.4) is 0 Å². The van der Waals surface area contributed by atoms with Gasteiger partial charge in [0.05, 0.1) is 22.2 Å². The Morgan fingerprint density at radius 3 is 1.65 bits per heavy atom. The molecule has 0 aliphatic heterocycles. The van der Waals surface area contributed by atoms with E-state index in [-0.39, 0.29) is 0 Å². The summed E-state index contributed by atoms with van der Waals surface area (Å²) < 4.78 is 4.89. The lowest BCUT2D eigenvalue weighted by atomic mass is 9.97. The van der Waals surface area contributed by atoms with Gasteiger partial charge >= 0.3 is 0 Å². The first kappa shape index (κ1) is 34.4. The van der Waals surface area contributed by atoms with Crippen LogP contribution in [0.4, 0.5) is 0 Å². The van der Waals surface area contributed by atoms with Crippen molar-refractivity contribution in [1.29, 1.82) is 0 Å². The first-order chi connectivity index (χ1) is 26.8. The largest absolute Gasteiger partial charge is 0.310 e. The van der Waals surface area contributed by atoms with Gasteiger partial charge in [0.15, 0.2) is 0 Å². The minimum Gasteiger partial charge on any atom is -0.310 e. The van der Waals surface area contributed by atoms with E-state index in [1.165, 1.54) is 105 Å². The van der Waals surface area contributed by atoms with Gasteiger partial charge in [0.1, 0.15) is 0 Å². The Bertz CT molecular complexity index is 2930. The molecule has 0 amide bonds. The van der Waals surface area contributed by atoms with E-state index < -0.39 is 0 Å². The molecule has 0 fully saturated rings. The molecule has 0 N–H and O–H groups in total. The van der Waals surface area contributed by atoms with Crippen LogP contribution < -0.4 is 0 Å². The number of aromatic nitrogens is 2. The van der Waals surface area contributed by atoms with E-state index in [1.54, 1.807) is 0 Å². The van der Waals surface area contributed by atoms with E-state index in [1.807, 2.05) is 0 Å². The number of rotatable bonds is 7. The van der Waals surface area contributed by atoms with Crippen LogP contribution in [0, 0.1) is 34.6 Å².